The summed E-state index contributed by atoms with van der Waals surface area (Å²) in [5, 5.41) is 36.3. The van der Waals surface area contributed by atoms with Crippen LogP contribution < -0.4 is 10.6 Å². The molecular formula is C18H31ClN2O6S. The third kappa shape index (κ3) is 4.62. The van der Waals surface area contributed by atoms with Gasteiger partial charge in [0.15, 0.2) is 0 Å². The van der Waals surface area contributed by atoms with E-state index in [0.29, 0.717) is 12.5 Å². The Bertz CT molecular complexity index is 542. The molecule has 5 N–H and O–H groups in total. The summed E-state index contributed by atoms with van der Waals surface area (Å²) >= 11 is 7.55. The SMILES string of the molecule is CSC1OC([C@H](NC(=O)C2NCC3CCCCOC32)[C@H](C)Cl)C(O)C(O)C1O. The van der Waals surface area contributed by atoms with Crippen molar-refractivity contribution in [2.24, 2.45) is 5.92 Å². The molecule has 0 spiro atoms. The topological polar surface area (TPSA) is 120 Å². The number of rotatable bonds is 5. The highest BCUT2D eigenvalue weighted by Gasteiger charge is 2.49. The van der Waals surface area contributed by atoms with E-state index in [2.05, 4.69) is 10.6 Å². The molecule has 8 unspecified atom stereocenters. The smallest absolute Gasteiger partial charge is 0.240 e. The van der Waals surface area contributed by atoms with Crippen molar-refractivity contribution < 1.29 is 29.6 Å². The number of amides is 1. The maximum absolute atomic E-state index is 13.0. The van der Waals surface area contributed by atoms with Crippen molar-refractivity contribution in [2.75, 3.05) is 19.4 Å². The Morgan fingerprint density at radius 3 is 2.68 bits per heavy atom. The molecule has 10 heteroatoms. The largest absolute Gasteiger partial charge is 0.388 e. The van der Waals surface area contributed by atoms with Crippen molar-refractivity contribution in [2.45, 2.75) is 79.6 Å². The van der Waals surface area contributed by atoms with E-state index in [1.165, 1.54) is 11.8 Å². The van der Waals surface area contributed by atoms with Crippen LogP contribution in [0.15, 0.2) is 0 Å². The van der Waals surface area contributed by atoms with E-state index < -0.39 is 47.3 Å². The van der Waals surface area contributed by atoms with Gasteiger partial charge < -0.3 is 35.4 Å². The first kappa shape index (κ1) is 22.6. The van der Waals surface area contributed by atoms with Crippen LogP contribution in [0.25, 0.3) is 0 Å². The summed E-state index contributed by atoms with van der Waals surface area (Å²) in [6.07, 6.45) is -0.247. The second-order valence-corrected chi connectivity index (χ2v) is 9.49. The third-order valence-corrected chi connectivity index (χ3v) is 7.08. The first-order valence-corrected chi connectivity index (χ1v) is 11.6. The van der Waals surface area contributed by atoms with Gasteiger partial charge in [0.2, 0.25) is 5.91 Å². The van der Waals surface area contributed by atoms with Crippen LogP contribution in [0, 0.1) is 5.92 Å². The van der Waals surface area contributed by atoms with Gasteiger partial charge in [-0.3, -0.25) is 4.79 Å². The van der Waals surface area contributed by atoms with Crippen LogP contribution >= 0.6 is 23.4 Å². The molecule has 3 aliphatic rings. The number of hydrogen-bond donors (Lipinski definition) is 5. The lowest BCUT2D eigenvalue weighted by molar-refractivity contribution is -0.205. The van der Waals surface area contributed by atoms with Gasteiger partial charge in [-0.05, 0) is 31.9 Å². The number of aliphatic hydroxyl groups is 3. The lowest BCUT2D eigenvalue weighted by atomic mass is 9.92. The number of aliphatic hydroxyl groups excluding tert-OH is 3. The molecule has 0 aromatic heterocycles. The molecule has 3 aliphatic heterocycles. The van der Waals surface area contributed by atoms with Gasteiger partial charge in [-0.15, -0.1) is 23.4 Å². The maximum Gasteiger partial charge on any atom is 0.240 e. The molecular weight excluding hydrogens is 408 g/mol. The van der Waals surface area contributed by atoms with E-state index in [-0.39, 0.29) is 12.0 Å². The molecule has 0 aromatic rings. The number of ether oxygens (including phenoxy) is 2. The molecule has 0 aromatic carbocycles. The van der Waals surface area contributed by atoms with Gasteiger partial charge in [0, 0.05) is 13.2 Å². The van der Waals surface area contributed by atoms with Gasteiger partial charge >= 0.3 is 0 Å². The Kier molecular flexibility index (Phi) is 7.88. The van der Waals surface area contributed by atoms with Crippen molar-refractivity contribution in [3.05, 3.63) is 0 Å². The van der Waals surface area contributed by atoms with Crippen LogP contribution in [0.5, 0.6) is 0 Å². The van der Waals surface area contributed by atoms with Crippen molar-refractivity contribution in [1.82, 2.24) is 10.6 Å². The van der Waals surface area contributed by atoms with E-state index in [1.54, 1.807) is 13.2 Å². The molecule has 3 heterocycles. The molecule has 162 valence electrons. The van der Waals surface area contributed by atoms with Crippen LogP contribution in [-0.4, -0.2) is 94.1 Å². The first-order valence-electron chi connectivity index (χ1n) is 9.87. The highest BCUT2D eigenvalue weighted by molar-refractivity contribution is 7.99. The molecule has 0 aliphatic carbocycles. The monoisotopic (exact) mass is 438 g/mol. The lowest BCUT2D eigenvalue weighted by Gasteiger charge is -2.44. The highest BCUT2D eigenvalue weighted by atomic mass is 35.5. The first-order chi connectivity index (χ1) is 13.3. The van der Waals surface area contributed by atoms with Crippen LogP contribution in [0.2, 0.25) is 0 Å². The van der Waals surface area contributed by atoms with E-state index in [0.717, 1.165) is 25.8 Å². The quantitative estimate of drug-likeness (QED) is 0.362. The number of nitrogens with one attached hydrogen (secondary N) is 2. The van der Waals surface area contributed by atoms with Crippen LogP contribution in [0.3, 0.4) is 0 Å². The molecule has 3 rings (SSSR count). The normalized spacial score (nSPS) is 43.6. The summed E-state index contributed by atoms with van der Waals surface area (Å²) in [6, 6.07) is -1.23. The molecule has 0 saturated carbocycles. The Labute approximate surface area is 174 Å². The zero-order chi connectivity index (χ0) is 20.4. The summed E-state index contributed by atoms with van der Waals surface area (Å²) in [4.78, 5) is 13.0. The standard InChI is InChI=1S/C18H31ClN2O6S/c1-8(19)10(16-13(23)12(22)14(24)18(27-16)28-2)21-17(25)11-15-9(7-20-11)5-3-4-6-26-15/h8-16,18,20,22-24H,3-7H2,1-2H3,(H,21,25)/t8-,9?,10+,11?,12?,13?,14?,15?,16?,18?/m0/s1. The van der Waals surface area contributed by atoms with E-state index in [4.69, 9.17) is 21.1 Å². The highest BCUT2D eigenvalue weighted by Crippen LogP contribution is 2.31. The fourth-order valence-corrected chi connectivity index (χ4v) is 5.21. The predicted molar refractivity (Wildman–Crippen MR) is 106 cm³/mol. The molecule has 1 amide bonds. The summed E-state index contributed by atoms with van der Waals surface area (Å²) in [7, 11) is 0. The predicted octanol–water partition coefficient (Wildman–Crippen LogP) is -0.574. The number of carbonyl (C=O) groups is 1. The Morgan fingerprint density at radius 2 is 2.00 bits per heavy atom. The van der Waals surface area contributed by atoms with Crippen LogP contribution in [0.4, 0.5) is 0 Å². The molecule has 3 fully saturated rings. The summed E-state index contributed by atoms with van der Waals surface area (Å²) < 4.78 is 11.7. The molecule has 0 radical (unpaired) electrons. The molecule has 3 saturated heterocycles. The van der Waals surface area contributed by atoms with Crippen LogP contribution in [0.1, 0.15) is 26.2 Å². The average molecular weight is 439 g/mol. The molecule has 10 atom stereocenters. The van der Waals surface area contributed by atoms with Gasteiger partial charge in [0.25, 0.3) is 0 Å². The molecule has 0 bridgehead atoms. The van der Waals surface area contributed by atoms with Gasteiger partial charge in [0.1, 0.15) is 35.9 Å². The maximum atomic E-state index is 13.0. The van der Waals surface area contributed by atoms with Gasteiger partial charge in [-0.1, -0.05) is 6.42 Å². The minimum Gasteiger partial charge on any atom is -0.388 e. The number of fused-ring (bicyclic) bond motifs is 1. The van der Waals surface area contributed by atoms with E-state index in [9.17, 15) is 20.1 Å². The van der Waals surface area contributed by atoms with Crippen LogP contribution in [-0.2, 0) is 14.3 Å². The third-order valence-electron chi connectivity index (χ3n) is 5.95. The minimum absolute atomic E-state index is 0.183. The summed E-state index contributed by atoms with van der Waals surface area (Å²) in [5.74, 6) is 0.0449. The summed E-state index contributed by atoms with van der Waals surface area (Å²) in [5.41, 5.74) is -0.725. The number of halogens is 1. The minimum atomic E-state index is -1.38. The molecule has 8 nitrogen and oxygen atoms in total. The number of thioether (sulfide) groups is 1. The van der Waals surface area contributed by atoms with Gasteiger partial charge in [-0.25, -0.2) is 0 Å². The van der Waals surface area contributed by atoms with E-state index in [1.807, 2.05) is 0 Å². The van der Waals surface area contributed by atoms with E-state index >= 15 is 0 Å². The number of carbonyl (C=O) groups excluding carboxylic acids is 1. The van der Waals surface area contributed by atoms with Crippen molar-refractivity contribution in [1.29, 1.82) is 0 Å². The zero-order valence-electron chi connectivity index (χ0n) is 16.2. The Balaban J connectivity index is 1.71. The number of alkyl halides is 1. The van der Waals surface area contributed by atoms with Gasteiger partial charge in [0.05, 0.1) is 17.5 Å². The zero-order valence-corrected chi connectivity index (χ0v) is 17.7. The Morgan fingerprint density at radius 1 is 1.25 bits per heavy atom. The van der Waals surface area contributed by atoms with Crippen molar-refractivity contribution >= 4 is 29.3 Å². The fourth-order valence-electron chi connectivity index (χ4n) is 4.33. The van der Waals surface area contributed by atoms with Gasteiger partial charge in [-0.2, -0.15) is 0 Å². The second-order valence-electron chi connectivity index (χ2n) is 7.87. The molecule has 28 heavy (non-hydrogen) atoms. The number of hydrogen-bond acceptors (Lipinski definition) is 8. The second kappa shape index (κ2) is 9.78. The summed E-state index contributed by atoms with van der Waals surface area (Å²) in [6.45, 7) is 3.07. The van der Waals surface area contributed by atoms with Crippen molar-refractivity contribution in [3.63, 3.8) is 0 Å². The van der Waals surface area contributed by atoms with Crippen molar-refractivity contribution in [3.8, 4) is 0 Å². The Hall–Kier alpha value is -0.130. The average Bonchev–Trinajstić information content (AvgIpc) is 2.93. The lowest BCUT2D eigenvalue weighted by Crippen LogP contribution is -2.65. The fraction of sp³-hybridized carbons (Fsp3) is 0.944.